The Labute approximate surface area is 86.6 Å². The van der Waals surface area contributed by atoms with E-state index in [9.17, 15) is 0 Å². The van der Waals surface area contributed by atoms with Crippen molar-refractivity contribution in [3.8, 4) is 0 Å². The second-order valence-corrected chi connectivity index (χ2v) is 3.81. The third-order valence-corrected chi connectivity index (χ3v) is 2.68. The molecule has 0 aliphatic heterocycles. The van der Waals surface area contributed by atoms with Crippen molar-refractivity contribution in [2.75, 3.05) is 14.2 Å². The van der Waals surface area contributed by atoms with Gasteiger partial charge in [-0.15, -0.1) is 0 Å². The zero-order valence-corrected chi connectivity index (χ0v) is 9.16. The molecule has 2 heteroatoms. The lowest BCUT2D eigenvalue weighted by Gasteiger charge is -2.04. The predicted molar refractivity (Wildman–Crippen MR) is 57.8 cm³/mol. The molecule has 0 radical (unpaired) electrons. The lowest BCUT2D eigenvalue weighted by molar-refractivity contribution is 0.332. The van der Waals surface area contributed by atoms with E-state index in [-0.39, 0.29) is 0 Å². The van der Waals surface area contributed by atoms with Crippen molar-refractivity contribution in [1.29, 1.82) is 0 Å². The van der Waals surface area contributed by atoms with Crippen LogP contribution >= 0.6 is 0 Å². The second-order valence-electron chi connectivity index (χ2n) is 3.81. The van der Waals surface area contributed by atoms with Crippen molar-refractivity contribution in [3.63, 3.8) is 0 Å². The minimum atomic E-state index is 0.845. The maximum absolute atomic E-state index is 5.02. The van der Waals surface area contributed by atoms with Crippen LogP contribution in [-0.2, 0) is 9.47 Å². The molecular weight excluding hydrogens is 176 g/mol. The molecule has 0 amide bonds. The summed E-state index contributed by atoms with van der Waals surface area (Å²) in [5, 5.41) is 0. The first-order chi connectivity index (χ1) is 6.86. The van der Waals surface area contributed by atoms with E-state index in [0.717, 1.165) is 12.3 Å². The molecule has 1 rings (SSSR count). The Kier molecular flexibility index (Phi) is 5.20. The molecule has 0 saturated heterocycles. The lowest BCUT2D eigenvalue weighted by atomic mass is 10.0. The SMILES string of the molecule is CO/C=C/CCC1CC/C(=C\OC)C1. The summed E-state index contributed by atoms with van der Waals surface area (Å²) in [6.45, 7) is 0. The largest absolute Gasteiger partial charge is 0.505 e. The Morgan fingerprint density at radius 2 is 2.21 bits per heavy atom. The van der Waals surface area contributed by atoms with Crippen LogP contribution in [0.2, 0.25) is 0 Å². The maximum Gasteiger partial charge on any atom is 0.0816 e. The van der Waals surface area contributed by atoms with Crippen LogP contribution in [0.3, 0.4) is 0 Å². The van der Waals surface area contributed by atoms with E-state index >= 15 is 0 Å². The first kappa shape index (κ1) is 11.2. The van der Waals surface area contributed by atoms with Crippen molar-refractivity contribution < 1.29 is 9.47 Å². The molecule has 0 aromatic carbocycles. The second kappa shape index (κ2) is 6.52. The smallest absolute Gasteiger partial charge is 0.0816 e. The molecular formula is C12H20O2. The molecule has 0 heterocycles. The molecule has 2 nitrogen and oxygen atoms in total. The molecule has 0 aromatic heterocycles. The topological polar surface area (TPSA) is 18.5 Å². The molecule has 1 atom stereocenters. The number of hydrogen-bond acceptors (Lipinski definition) is 2. The number of allylic oxidation sites excluding steroid dienone is 2. The summed E-state index contributed by atoms with van der Waals surface area (Å²) in [6.07, 6.45) is 11.9. The molecule has 0 bridgehead atoms. The molecule has 14 heavy (non-hydrogen) atoms. The zero-order valence-electron chi connectivity index (χ0n) is 9.16. The first-order valence-electron chi connectivity index (χ1n) is 5.25. The summed E-state index contributed by atoms with van der Waals surface area (Å²) in [5.74, 6) is 0.845. The molecule has 0 spiro atoms. The highest BCUT2D eigenvalue weighted by Gasteiger charge is 2.18. The summed E-state index contributed by atoms with van der Waals surface area (Å²) in [6, 6.07) is 0. The van der Waals surface area contributed by atoms with Crippen molar-refractivity contribution in [2.45, 2.75) is 32.1 Å². The monoisotopic (exact) mass is 196 g/mol. The van der Waals surface area contributed by atoms with E-state index in [4.69, 9.17) is 9.47 Å². The Morgan fingerprint density at radius 3 is 2.93 bits per heavy atom. The van der Waals surface area contributed by atoms with Gasteiger partial charge in [-0.2, -0.15) is 0 Å². The highest BCUT2D eigenvalue weighted by molar-refractivity contribution is 5.05. The van der Waals surface area contributed by atoms with Crippen LogP contribution in [0.15, 0.2) is 24.2 Å². The van der Waals surface area contributed by atoms with E-state index in [0.29, 0.717) is 0 Å². The van der Waals surface area contributed by atoms with Crippen molar-refractivity contribution in [3.05, 3.63) is 24.2 Å². The van der Waals surface area contributed by atoms with Gasteiger partial charge < -0.3 is 9.47 Å². The molecule has 1 saturated carbocycles. The molecule has 1 aliphatic rings. The van der Waals surface area contributed by atoms with E-state index in [2.05, 4.69) is 6.08 Å². The van der Waals surface area contributed by atoms with E-state index in [1.165, 1.54) is 31.3 Å². The lowest BCUT2D eigenvalue weighted by Crippen LogP contribution is -1.91. The summed E-state index contributed by atoms with van der Waals surface area (Å²) < 4.78 is 9.88. The third kappa shape index (κ3) is 3.86. The van der Waals surface area contributed by atoms with Crippen molar-refractivity contribution >= 4 is 0 Å². The van der Waals surface area contributed by atoms with Crippen LogP contribution in [0.25, 0.3) is 0 Å². The maximum atomic E-state index is 5.02. The predicted octanol–water partition coefficient (Wildman–Crippen LogP) is 3.26. The van der Waals surface area contributed by atoms with Gasteiger partial charge in [-0.3, -0.25) is 0 Å². The molecule has 0 aromatic rings. The molecule has 1 unspecified atom stereocenters. The fourth-order valence-electron chi connectivity index (χ4n) is 1.98. The Bertz CT molecular complexity index is 206. The highest BCUT2D eigenvalue weighted by Crippen LogP contribution is 2.33. The van der Waals surface area contributed by atoms with Gasteiger partial charge in [0.15, 0.2) is 0 Å². The number of ether oxygens (including phenoxy) is 2. The van der Waals surface area contributed by atoms with Gasteiger partial charge in [-0.05, 0) is 49.7 Å². The Balaban J connectivity index is 2.16. The summed E-state index contributed by atoms with van der Waals surface area (Å²) in [5.41, 5.74) is 1.47. The van der Waals surface area contributed by atoms with Gasteiger partial charge in [0.25, 0.3) is 0 Å². The van der Waals surface area contributed by atoms with Crippen LogP contribution in [0.5, 0.6) is 0 Å². The van der Waals surface area contributed by atoms with Crippen molar-refractivity contribution in [2.24, 2.45) is 5.92 Å². The fourth-order valence-corrected chi connectivity index (χ4v) is 1.98. The van der Waals surface area contributed by atoms with Gasteiger partial charge in [0.2, 0.25) is 0 Å². The first-order valence-corrected chi connectivity index (χ1v) is 5.25. The van der Waals surface area contributed by atoms with Crippen LogP contribution in [0.4, 0.5) is 0 Å². The zero-order chi connectivity index (χ0) is 10.2. The molecule has 1 fully saturated rings. The van der Waals surface area contributed by atoms with Crippen LogP contribution in [0.1, 0.15) is 32.1 Å². The summed E-state index contributed by atoms with van der Waals surface area (Å²) in [4.78, 5) is 0. The molecule has 80 valence electrons. The Morgan fingerprint density at radius 1 is 1.36 bits per heavy atom. The van der Waals surface area contributed by atoms with Gasteiger partial charge in [0, 0.05) is 0 Å². The minimum Gasteiger partial charge on any atom is -0.505 e. The van der Waals surface area contributed by atoms with Gasteiger partial charge in [-0.25, -0.2) is 0 Å². The van der Waals surface area contributed by atoms with Crippen LogP contribution in [-0.4, -0.2) is 14.2 Å². The summed E-state index contributed by atoms with van der Waals surface area (Å²) in [7, 11) is 3.41. The third-order valence-electron chi connectivity index (χ3n) is 2.68. The van der Waals surface area contributed by atoms with E-state index < -0.39 is 0 Å². The standard InChI is InChI=1S/C12H20O2/c1-13-8-4-3-5-11-6-7-12(9-11)10-14-2/h4,8,10-11H,3,5-7,9H2,1-2H3/b8-4+,12-10+. The van der Waals surface area contributed by atoms with Crippen LogP contribution in [0, 0.1) is 5.92 Å². The van der Waals surface area contributed by atoms with E-state index in [1.54, 1.807) is 20.5 Å². The highest BCUT2D eigenvalue weighted by atomic mass is 16.5. The normalized spacial score (nSPS) is 24.7. The van der Waals surface area contributed by atoms with Gasteiger partial charge in [0.05, 0.1) is 26.7 Å². The van der Waals surface area contributed by atoms with Crippen LogP contribution < -0.4 is 0 Å². The molecule has 1 aliphatic carbocycles. The van der Waals surface area contributed by atoms with Gasteiger partial charge in [0.1, 0.15) is 0 Å². The van der Waals surface area contributed by atoms with Gasteiger partial charge in [-0.1, -0.05) is 0 Å². The van der Waals surface area contributed by atoms with Gasteiger partial charge >= 0.3 is 0 Å². The number of rotatable bonds is 5. The quantitative estimate of drug-likeness (QED) is 0.628. The van der Waals surface area contributed by atoms with E-state index in [1.807, 2.05) is 6.26 Å². The number of methoxy groups -OCH3 is 2. The van der Waals surface area contributed by atoms with Crippen molar-refractivity contribution in [1.82, 2.24) is 0 Å². The number of hydrogen-bond donors (Lipinski definition) is 0. The fraction of sp³-hybridized carbons (Fsp3) is 0.667. The Hall–Kier alpha value is -0.920. The average Bonchev–Trinajstić information content (AvgIpc) is 2.61. The minimum absolute atomic E-state index is 0.845. The summed E-state index contributed by atoms with van der Waals surface area (Å²) >= 11 is 0. The molecule has 0 N–H and O–H groups in total. The average molecular weight is 196 g/mol.